The third kappa shape index (κ3) is 6.23. The van der Waals surface area contributed by atoms with Crippen LogP contribution in [0.2, 0.25) is 0 Å². The van der Waals surface area contributed by atoms with E-state index >= 15 is 0 Å². The number of ether oxygens (including phenoxy) is 2. The molecule has 2 fully saturated rings. The highest BCUT2D eigenvalue weighted by molar-refractivity contribution is 7.89. The molecule has 4 atom stereocenters. The topological polar surface area (TPSA) is 134 Å². The SMILES string of the molecule is CCS(=O)(=O)N1CC[C@H]2CC[C@@H](C(=O)N[C@@H]3CCOc4ccccc43)N2C(=O)[C@@H](NC(=O)OC(C)(C)C)C1. The molecule has 3 heterocycles. The fourth-order valence-corrected chi connectivity index (χ4v) is 6.48. The molecular weight excluding hydrogens is 512 g/mol. The molecule has 3 aliphatic rings. The van der Waals surface area contributed by atoms with Crippen LogP contribution in [0.3, 0.4) is 0 Å². The quantitative estimate of drug-likeness (QED) is 0.572. The van der Waals surface area contributed by atoms with Gasteiger partial charge in [0.25, 0.3) is 0 Å². The number of sulfonamides is 1. The van der Waals surface area contributed by atoms with E-state index < -0.39 is 39.7 Å². The van der Waals surface area contributed by atoms with Crippen molar-refractivity contribution in [3.63, 3.8) is 0 Å². The van der Waals surface area contributed by atoms with E-state index in [2.05, 4.69) is 10.6 Å². The highest BCUT2D eigenvalue weighted by Gasteiger charge is 2.46. The summed E-state index contributed by atoms with van der Waals surface area (Å²) in [7, 11) is -3.61. The smallest absolute Gasteiger partial charge is 0.408 e. The number of nitrogens with zero attached hydrogens (tertiary/aromatic N) is 2. The number of para-hydroxylation sites is 1. The lowest BCUT2D eigenvalue weighted by atomic mass is 10.00. The molecule has 0 aromatic heterocycles. The Bertz CT molecular complexity index is 1170. The fourth-order valence-electron chi connectivity index (χ4n) is 5.36. The molecule has 210 valence electrons. The predicted molar refractivity (Wildman–Crippen MR) is 140 cm³/mol. The average molecular weight is 551 g/mol. The van der Waals surface area contributed by atoms with Crippen LogP contribution in [0.15, 0.2) is 24.3 Å². The van der Waals surface area contributed by atoms with Crippen LogP contribution < -0.4 is 15.4 Å². The minimum Gasteiger partial charge on any atom is -0.493 e. The van der Waals surface area contributed by atoms with E-state index in [1.54, 1.807) is 32.6 Å². The predicted octanol–water partition coefficient (Wildman–Crippen LogP) is 1.93. The first-order chi connectivity index (χ1) is 17.9. The van der Waals surface area contributed by atoms with Crippen LogP contribution in [-0.2, 0) is 24.3 Å². The van der Waals surface area contributed by atoms with Gasteiger partial charge in [0.15, 0.2) is 0 Å². The second kappa shape index (κ2) is 11.1. The summed E-state index contributed by atoms with van der Waals surface area (Å²) in [5.74, 6) is -0.139. The molecule has 3 amide bonds. The van der Waals surface area contributed by atoms with Crippen molar-refractivity contribution in [2.45, 2.75) is 83.1 Å². The molecule has 0 bridgehead atoms. The van der Waals surface area contributed by atoms with E-state index in [9.17, 15) is 22.8 Å². The largest absolute Gasteiger partial charge is 0.493 e. The molecule has 12 heteroatoms. The van der Waals surface area contributed by atoms with Crippen molar-refractivity contribution in [3.8, 4) is 5.75 Å². The molecule has 2 saturated heterocycles. The van der Waals surface area contributed by atoms with Gasteiger partial charge in [-0.05, 0) is 53.0 Å². The van der Waals surface area contributed by atoms with Gasteiger partial charge in [0, 0.05) is 31.1 Å². The van der Waals surface area contributed by atoms with Crippen molar-refractivity contribution in [1.29, 1.82) is 0 Å². The molecule has 0 spiro atoms. The molecule has 0 saturated carbocycles. The van der Waals surface area contributed by atoms with Crippen molar-refractivity contribution in [2.24, 2.45) is 0 Å². The van der Waals surface area contributed by atoms with Crippen molar-refractivity contribution >= 4 is 27.9 Å². The zero-order chi connectivity index (χ0) is 27.7. The first kappa shape index (κ1) is 28.2. The number of carbonyl (C=O) groups excluding carboxylic acids is 3. The Balaban J connectivity index is 1.56. The van der Waals surface area contributed by atoms with Crippen LogP contribution in [0.5, 0.6) is 5.75 Å². The third-order valence-corrected chi connectivity index (χ3v) is 9.03. The molecular formula is C26H38N4O7S. The highest BCUT2D eigenvalue weighted by atomic mass is 32.2. The Kier molecular flexibility index (Phi) is 8.22. The Morgan fingerprint density at radius 3 is 2.53 bits per heavy atom. The second-order valence-corrected chi connectivity index (χ2v) is 13.2. The third-order valence-electron chi connectivity index (χ3n) is 7.18. The lowest BCUT2D eigenvalue weighted by molar-refractivity contribution is -0.143. The van der Waals surface area contributed by atoms with E-state index in [4.69, 9.17) is 9.47 Å². The molecule has 2 N–H and O–H groups in total. The minimum atomic E-state index is -3.61. The van der Waals surface area contributed by atoms with Crippen molar-refractivity contribution in [1.82, 2.24) is 19.8 Å². The van der Waals surface area contributed by atoms with E-state index in [1.807, 2.05) is 24.3 Å². The number of nitrogens with one attached hydrogen (secondary N) is 2. The number of hydrogen-bond donors (Lipinski definition) is 2. The summed E-state index contributed by atoms with van der Waals surface area (Å²) < 4.78 is 37.8. The molecule has 0 aliphatic carbocycles. The van der Waals surface area contributed by atoms with Gasteiger partial charge >= 0.3 is 6.09 Å². The maximum Gasteiger partial charge on any atom is 0.408 e. The Morgan fingerprint density at radius 2 is 1.82 bits per heavy atom. The summed E-state index contributed by atoms with van der Waals surface area (Å²) in [6, 6.07) is 5.08. The molecule has 11 nitrogen and oxygen atoms in total. The fraction of sp³-hybridized carbons (Fsp3) is 0.654. The average Bonchev–Trinajstić information content (AvgIpc) is 3.27. The number of rotatable bonds is 5. The van der Waals surface area contributed by atoms with Gasteiger partial charge in [-0.25, -0.2) is 13.2 Å². The van der Waals surface area contributed by atoms with Gasteiger partial charge in [-0.1, -0.05) is 18.2 Å². The van der Waals surface area contributed by atoms with Crippen LogP contribution in [0.25, 0.3) is 0 Å². The van der Waals surface area contributed by atoms with Gasteiger partial charge in [0.05, 0.1) is 18.4 Å². The van der Waals surface area contributed by atoms with Gasteiger partial charge in [0.1, 0.15) is 23.4 Å². The molecule has 1 aromatic rings. The zero-order valence-electron chi connectivity index (χ0n) is 22.4. The summed E-state index contributed by atoms with van der Waals surface area (Å²) in [5.41, 5.74) is 0.0910. The highest BCUT2D eigenvalue weighted by Crippen LogP contribution is 2.34. The summed E-state index contributed by atoms with van der Waals surface area (Å²) in [6.07, 6.45) is 1.22. The lowest BCUT2D eigenvalue weighted by Gasteiger charge is -2.38. The summed E-state index contributed by atoms with van der Waals surface area (Å²) >= 11 is 0. The van der Waals surface area contributed by atoms with Crippen LogP contribution in [0, 0.1) is 0 Å². The van der Waals surface area contributed by atoms with Gasteiger partial charge in [-0.3, -0.25) is 9.59 Å². The number of hydrogen-bond acceptors (Lipinski definition) is 7. The van der Waals surface area contributed by atoms with E-state index in [0.29, 0.717) is 32.3 Å². The van der Waals surface area contributed by atoms with Crippen LogP contribution in [0.1, 0.15) is 65.0 Å². The molecule has 0 radical (unpaired) electrons. The van der Waals surface area contributed by atoms with Gasteiger partial charge in [0.2, 0.25) is 21.8 Å². The molecule has 4 rings (SSSR count). The molecule has 3 aliphatic heterocycles. The van der Waals surface area contributed by atoms with Crippen molar-refractivity contribution < 1.29 is 32.3 Å². The minimum absolute atomic E-state index is 0.119. The maximum atomic E-state index is 13.9. The van der Waals surface area contributed by atoms with E-state index in [-0.39, 0.29) is 36.8 Å². The van der Waals surface area contributed by atoms with Crippen molar-refractivity contribution in [3.05, 3.63) is 29.8 Å². The molecule has 38 heavy (non-hydrogen) atoms. The summed E-state index contributed by atoms with van der Waals surface area (Å²) in [5, 5.41) is 5.68. The first-order valence-corrected chi connectivity index (χ1v) is 14.8. The summed E-state index contributed by atoms with van der Waals surface area (Å²) in [4.78, 5) is 41.6. The van der Waals surface area contributed by atoms with E-state index in [1.165, 1.54) is 4.31 Å². The second-order valence-electron chi connectivity index (χ2n) is 11.0. The number of alkyl carbamates (subject to hydrolysis) is 1. The Morgan fingerprint density at radius 1 is 1.08 bits per heavy atom. The number of fused-ring (bicyclic) bond motifs is 2. The van der Waals surface area contributed by atoms with Gasteiger partial charge in [-0.2, -0.15) is 4.31 Å². The van der Waals surface area contributed by atoms with Gasteiger partial charge < -0.3 is 25.0 Å². The molecule has 0 unspecified atom stereocenters. The van der Waals surface area contributed by atoms with Gasteiger partial charge in [-0.15, -0.1) is 0 Å². The van der Waals surface area contributed by atoms with Crippen LogP contribution in [-0.4, -0.2) is 84.7 Å². The normalized spacial score (nSPS) is 26.3. The van der Waals surface area contributed by atoms with E-state index in [0.717, 1.165) is 11.3 Å². The molecule has 1 aromatic carbocycles. The number of carbonyl (C=O) groups is 3. The standard InChI is InChI=1S/C26H38N4O7S/c1-5-38(34,35)29-14-12-17-10-11-21(23(31)27-19-13-15-36-22-9-7-6-8-18(19)22)30(17)24(32)20(16-29)28-25(33)37-26(2,3)4/h6-9,17,19-21H,5,10-16H2,1-4H3,(H,27,31)(H,28,33)/t17-,19-,20+,21+/m1/s1. The summed E-state index contributed by atoms with van der Waals surface area (Å²) in [6.45, 7) is 7.09. The van der Waals surface area contributed by atoms with Crippen molar-refractivity contribution in [2.75, 3.05) is 25.4 Å². The first-order valence-electron chi connectivity index (χ1n) is 13.2. The maximum absolute atomic E-state index is 13.9. The van der Waals surface area contributed by atoms with Crippen LogP contribution in [0.4, 0.5) is 4.79 Å². The van der Waals surface area contributed by atoms with Crippen LogP contribution >= 0.6 is 0 Å². The Labute approximate surface area is 224 Å². The Hall–Kier alpha value is -2.86. The lowest BCUT2D eigenvalue weighted by Crippen LogP contribution is -2.61. The number of benzene rings is 1. The number of amides is 3. The monoisotopic (exact) mass is 550 g/mol. The zero-order valence-corrected chi connectivity index (χ0v) is 23.3.